The Balaban J connectivity index is 1.99. The van der Waals surface area contributed by atoms with E-state index in [0.717, 1.165) is 31.6 Å². The molecule has 0 radical (unpaired) electrons. The maximum absolute atomic E-state index is 13.3. The highest BCUT2D eigenvalue weighted by Crippen LogP contribution is 2.41. The number of Topliss-reactive ketones (excluding diaryl/α,β-unsaturated/α-hetero) is 1. The van der Waals surface area contributed by atoms with Crippen LogP contribution >= 0.6 is 0 Å². The normalized spacial score (nSPS) is 27.8. The Kier molecular flexibility index (Phi) is 2.94. The summed E-state index contributed by atoms with van der Waals surface area (Å²) < 4.78 is 13.3. The molecule has 2 atom stereocenters. The number of likely N-dealkylation sites (N-methyl/N-ethyl adjacent to an activating group) is 1. The first-order chi connectivity index (χ1) is 8.69. The van der Waals surface area contributed by atoms with E-state index in [0.29, 0.717) is 23.8 Å². The fraction of sp³-hybridized carbons (Fsp3) is 0.533. The Labute approximate surface area is 107 Å². The third-order valence-corrected chi connectivity index (χ3v) is 4.45. The lowest BCUT2D eigenvalue weighted by Crippen LogP contribution is -2.42. The Morgan fingerprint density at radius 3 is 3.06 bits per heavy atom. The van der Waals surface area contributed by atoms with Crippen molar-refractivity contribution in [2.45, 2.75) is 25.7 Å². The summed E-state index contributed by atoms with van der Waals surface area (Å²) in [6, 6.07) is 4.72. The van der Waals surface area contributed by atoms with Crippen molar-refractivity contribution in [2.75, 3.05) is 19.6 Å². The summed E-state index contributed by atoms with van der Waals surface area (Å²) in [7, 11) is 0. The molecule has 0 bridgehead atoms. The number of fused-ring (bicyclic) bond motifs is 3. The van der Waals surface area contributed by atoms with E-state index in [2.05, 4.69) is 11.8 Å². The summed E-state index contributed by atoms with van der Waals surface area (Å²) >= 11 is 0. The van der Waals surface area contributed by atoms with Crippen LogP contribution in [-0.2, 0) is 0 Å². The fourth-order valence-corrected chi connectivity index (χ4v) is 3.39. The minimum absolute atomic E-state index is 0.121. The number of ketones is 1. The molecule has 3 heteroatoms. The van der Waals surface area contributed by atoms with Gasteiger partial charge < -0.3 is 4.90 Å². The maximum atomic E-state index is 13.3. The molecule has 3 rings (SSSR count). The van der Waals surface area contributed by atoms with Crippen LogP contribution in [0.25, 0.3) is 0 Å². The first kappa shape index (κ1) is 11.8. The van der Waals surface area contributed by atoms with Crippen molar-refractivity contribution in [1.82, 2.24) is 4.90 Å². The first-order valence-electron chi connectivity index (χ1n) is 6.74. The minimum Gasteiger partial charge on any atom is -0.303 e. The second kappa shape index (κ2) is 4.47. The first-order valence-corrected chi connectivity index (χ1v) is 6.74. The molecule has 96 valence electrons. The highest BCUT2D eigenvalue weighted by atomic mass is 19.1. The number of rotatable bonds is 1. The van der Waals surface area contributed by atoms with Gasteiger partial charge in [0.15, 0.2) is 5.78 Å². The smallest absolute Gasteiger partial charge is 0.163 e. The molecule has 0 unspecified atom stereocenters. The number of benzene rings is 1. The zero-order valence-electron chi connectivity index (χ0n) is 10.7. The van der Waals surface area contributed by atoms with Crippen molar-refractivity contribution >= 4 is 5.78 Å². The van der Waals surface area contributed by atoms with Crippen LogP contribution in [0.2, 0.25) is 0 Å². The minimum atomic E-state index is -0.302. The van der Waals surface area contributed by atoms with Crippen LogP contribution in [0.1, 0.15) is 41.6 Å². The molecule has 0 amide bonds. The van der Waals surface area contributed by atoms with Crippen molar-refractivity contribution in [3.05, 3.63) is 35.1 Å². The van der Waals surface area contributed by atoms with Crippen molar-refractivity contribution in [1.29, 1.82) is 0 Å². The average Bonchev–Trinajstić information content (AvgIpc) is 2.39. The van der Waals surface area contributed by atoms with Gasteiger partial charge in [-0.1, -0.05) is 13.0 Å². The van der Waals surface area contributed by atoms with E-state index < -0.39 is 0 Å². The summed E-state index contributed by atoms with van der Waals surface area (Å²) in [4.78, 5) is 14.5. The van der Waals surface area contributed by atoms with E-state index in [-0.39, 0.29) is 11.6 Å². The van der Waals surface area contributed by atoms with E-state index in [9.17, 15) is 9.18 Å². The van der Waals surface area contributed by atoms with E-state index >= 15 is 0 Å². The van der Waals surface area contributed by atoms with Gasteiger partial charge in [0, 0.05) is 24.4 Å². The van der Waals surface area contributed by atoms with Gasteiger partial charge >= 0.3 is 0 Å². The molecule has 1 aliphatic heterocycles. The number of piperidine rings is 1. The Morgan fingerprint density at radius 1 is 1.44 bits per heavy atom. The van der Waals surface area contributed by atoms with Gasteiger partial charge in [-0.25, -0.2) is 4.39 Å². The van der Waals surface area contributed by atoms with Crippen molar-refractivity contribution in [3.63, 3.8) is 0 Å². The number of hydrogen-bond donors (Lipinski definition) is 0. The molecule has 2 aliphatic rings. The van der Waals surface area contributed by atoms with Gasteiger partial charge in [-0.05, 0) is 43.1 Å². The SMILES string of the molecule is CCN1CC[C@@H]2CC(=O)c3cc(F)ccc3[C@@H]2C1. The van der Waals surface area contributed by atoms with E-state index in [1.54, 1.807) is 0 Å². The zero-order valence-corrected chi connectivity index (χ0v) is 10.7. The largest absolute Gasteiger partial charge is 0.303 e. The van der Waals surface area contributed by atoms with Gasteiger partial charge in [-0.3, -0.25) is 4.79 Å². The van der Waals surface area contributed by atoms with Crippen LogP contribution in [0, 0.1) is 11.7 Å². The number of likely N-dealkylation sites (tertiary alicyclic amines) is 1. The molecule has 0 spiro atoms. The lowest BCUT2D eigenvalue weighted by Gasteiger charge is -2.41. The summed E-state index contributed by atoms with van der Waals surface area (Å²) in [5.41, 5.74) is 1.69. The van der Waals surface area contributed by atoms with Crippen LogP contribution < -0.4 is 0 Å². The van der Waals surface area contributed by atoms with Crippen LogP contribution in [0.15, 0.2) is 18.2 Å². The standard InChI is InChI=1S/C15H18FNO/c1-2-17-6-5-10-7-15(18)13-8-11(16)3-4-12(13)14(10)9-17/h3-4,8,10,14H,2,5-7,9H2,1H3/t10-,14-/m1/s1. The predicted octanol–water partition coefficient (Wildman–Crippen LogP) is 2.84. The quantitative estimate of drug-likeness (QED) is 0.760. The number of hydrogen-bond acceptors (Lipinski definition) is 2. The lowest BCUT2D eigenvalue weighted by molar-refractivity contribution is 0.0872. The molecule has 0 saturated carbocycles. The number of carbonyl (C=O) groups is 1. The third kappa shape index (κ3) is 1.87. The van der Waals surface area contributed by atoms with E-state index in [1.807, 2.05) is 6.07 Å². The summed E-state index contributed by atoms with van der Waals surface area (Å²) in [5.74, 6) is 0.685. The molecule has 0 aromatic heterocycles. The Hall–Kier alpha value is -1.22. The van der Waals surface area contributed by atoms with Crippen LogP contribution in [0.3, 0.4) is 0 Å². The third-order valence-electron chi connectivity index (χ3n) is 4.45. The van der Waals surface area contributed by atoms with Gasteiger partial charge in [0.05, 0.1) is 0 Å². The number of halogens is 1. The molecule has 1 saturated heterocycles. The highest BCUT2D eigenvalue weighted by Gasteiger charge is 2.37. The second-order valence-corrected chi connectivity index (χ2v) is 5.41. The second-order valence-electron chi connectivity index (χ2n) is 5.41. The van der Waals surface area contributed by atoms with Crippen LogP contribution in [0.5, 0.6) is 0 Å². The molecule has 18 heavy (non-hydrogen) atoms. The Bertz CT molecular complexity index is 485. The van der Waals surface area contributed by atoms with Gasteiger partial charge in [0.25, 0.3) is 0 Å². The van der Waals surface area contributed by atoms with Crippen molar-refractivity contribution in [3.8, 4) is 0 Å². The van der Waals surface area contributed by atoms with Gasteiger partial charge in [0.2, 0.25) is 0 Å². The predicted molar refractivity (Wildman–Crippen MR) is 68.3 cm³/mol. The molecular weight excluding hydrogens is 229 g/mol. The number of carbonyl (C=O) groups excluding carboxylic acids is 1. The highest BCUT2D eigenvalue weighted by molar-refractivity contribution is 5.99. The maximum Gasteiger partial charge on any atom is 0.163 e. The molecule has 0 N–H and O–H groups in total. The Morgan fingerprint density at radius 2 is 2.28 bits per heavy atom. The average molecular weight is 247 g/mol. The molecule has 1 aromatic rings. The molecular formula is C15H18FNO. The molecule has 1 heterocycles. The summed E-state index contributed by atoms with van der Waals surface area (Å²) in [6.45, 7) is 5.31. The summed E-state index contributed by atoms with van der Waals surface area (Å²) in [6.07, 6.45) is 1.68. The van der Waals surface area contributed by atoms with Gasteiger partial charge in [-0.2, -0.15) is 0 Å². The number of nitrogens with zero attached hydrogens (tertiary/aromatic N) is 1. The molecule has 1 aromatic carbocycles. The molecule has 1 aliphatic carbocycles. The van der Waals surface area contributed by atoms with Crippen LogP contribution in [0.4, 0.5) is 4.39 Å². The summed E-state index contributed by atoms with van der Waals surface area (Å²) in [5, 5.41) is 0. The van der Waals surface area contributed by atoms with Gasteiger partial charge in [-0.15, -0.1) is 0 Å². The van der Waals surface area contributed by atoms with Crippen LogP contribution in [-0.4, -0.2) is 30.3 Å². The van der Waals surface area contributed by atoms with E-state index in [1.165, 1.54) is 12.1 Å². The van der Waals surface area contributed by atoms with Crippen molar-refractivity contribution < 1.29 is 9.18 Å². The van der Waals surface area contributed by atoms with Gasteiger partial charge in [0.1, 0.15) is 5.82 Å². The molecule has 1 fully saturated rings. The topological polar surface area (TPSA) is 20.3 Å². The lowest BCUT2D eigenvalue weighted by atomic mass is 9.71. The van der Waals surface area contributed by atoms with Crippen molar-refractivity contribution in [2.24, 2.45) is 5.92 Å². The zero-order chi connectivity index (χ0) is 12.7. The van der Waals surface area contributed by atoms with E-state index in [4.69, 9.17) is 0 Å². The fourth-order valence-electron chi connectivity index (χ4n) is 3.39. The monoisotopic (exact) mass is 247 g/mol. The molecule has 2 nitrogen and oxygen atoms in total.